The molecule has 70 valence electrons. The molecule has 0 aliphatic heterocycles. The van der Waals surface area contributed by atoms with Crippen LogP contribution in [0.5, 0.6) is 5.75 Å². The smallest absolute Gasteiger partial charge is 0.128 e. The summed E-state index contributed by atoms with van der Waals surface area (Å²) in [6.45, 7) is 2.60. The molecule has 0 fully saturated rings. The second-order valence-corrected chi connectivity index (χ2v) is 2.39. The summed E-state index contributed by atoms with van der Waals surface area (Å²) in [4.78, 5) is 4.59. The summed E-state index contributed by atoms with van der Waals surface area (Å²) >= 11 is 0. The molecular weight excluding hydrogens is 166 g/mol. The van der Waals surface area contributed by atoms with Gasteiger partial charge in [-0.2, -0.15) is 0 Å². The summed E-state index contributed by atoms with van der Waals surface area (Å²) in [5.41, 5.74) is 0.922. The van der Waals surface area contributed by atoms with Crippen LogP contribution in [0, 0.1) is 0 Å². The normalized spacial score (nSPS) is 10.3. The molecule has 0 aliphatic carbocycles. The predicted molar refractivity (Wildman–Crippen MR) is 52.2 cm³/mol. The van der Waals surface area contributed by atoms with Gasteiger partial charge in [0.05, 0.1) is 12.8 Å². The van der Waals surface area contributed by atoms with Gasteiger partial charge in [-0.15, -0.1) is 0 Å². The first-order valence-corrected chi connectivity index (χ1v) is 4.16. The molecule has 0 saturated carbocycles. The van der Waals surface area contributed by atoms with Crippen LogP contribution < -0.4 is 4.74 Å². The Morgan fingerprint density at radius 1 is 1.38 bits per heavy atom. The van der Waals surface area contributed by atoms with E-state index in [0.717, 1.165) is 11.3 Å². The highest BCUT2D eigenvalue weighted by atomic mass is 16.6. The summed E-state index contributed by atoms with van der Waals surface area (Å²) in [7, 11) is 1.51. The van der Waals surface area contributed by atoms with Crippen LogP contribution in [0.15, 0.2) is 29.4 Å². The number of rotatable bonds is 4. The van der Waals surface area contributed by atoms with Crippen LogP contribution in [0.2, 0.25) is 0 Å². The SMILES string of the molecule is CCOc1ccccc1/C=N/OC. The molecule has 0 saturated heterocycles. The predicted octanol–water partition coefficient (Wildman–Crippen LogP) is 2.07. The van der Waals surface area contributed by atoms with Crippen LogP contribution >= 0.6 is 0 Å². The molecule has 0 spiro atoms. The monoisotopic (exact) mass is 179 g/mol. The molecule has 0 unspecified atom stereocenters. The Hall–Kier alpha value is -1.51. The third kappa shape index (κ3) is 2.78. The second kappa shape index (κ2) is 5.19. The number of hydrogen-bond donors (Lipinski definition) is 0. The fraction of sp³-hybridized carbons (Fsp3) is 0.300. The maximum atomic E-state index is 5.39. The highest BCUT2D eigenvalue weighted by molar-refractivity contribution is 5.82. The van der Waals surface area contributed by atoms with Crippen molar-refractivity contribution in [1.29, 1.82) is 0 Å². The number of benzene rings is 1. The van der Waals surface area contributed by atoms with Gasteiger partial charge in [0.15, 0.2) is 0 Å². The molecule has 13 heavy (non-hydrogen) atoms. The molecular formula is C10H13NO2. The van der Waals surface area contributed by atoms with Crippen molar-refractivity contribution in [3.63, 3.8) is 0 Å². The molecule has 0 atom stereocenters. The number of ether oxygens (including phenoxy) is 1. The lowest BCUT2D eigenvalue weighted by atomic mass is 10.2. The van der Waals surface area contributed by atoms with E-state index < -0.39 is 0 Å². The fourth-order valence-electron chi connectivity index (χ4n) is 0.984. The first-order chi connectivity index (χ1) is 6.38. The zero-order chi connectivity index (χ0) is 9.52. The quantitative estimate of drug-likeness (QED) is 0.523. The van der Waals surface area contributed by atoms with Crippen molar-refractivity contribution < 1.29 is 9.57 Å². The lowest BCUT2D eigenvalue weighted by Crippen LogP contribution is -1.95. The molecule has 1 aromatic carbocycles. The molecule has 0 aromatic heterocycles. The number of para-hydroxylation sites is 1. The van der Waals surface area contributed by atoms with E-state index in [0.29, 0.717) is 6.61 Å². The van der Waals surface area contributed by atoms with Gasteiger partial charge in [-0.25, -0.2) is 0 Å². The average molecular weight is 179 g/mol. The number of nitrogens with zero attached hydrogens (tertiary/aromatic N) is 1. The Morgan fingerprint density at radius 2 is 2.15 bits per heavy atom. The average Bonchev–Trinajstić information content (AvgIpc) is 2.17. The summed E-state index contributed by atoms with van der Waals surface area (Å²) in [5.74, 6) is 0.825. The zero-order valence-corrected chi connectivity index (χ0v) is 7.86. The van der Waals surface area contributed by atoms with Crippen molar-refractivity contribution in [1.82, 2.24) is 0 Å². The molecule has 1 aromatic rings. The van der Waals surface area contributed by atoms with Crippen LogP contribution in [-0.4, -0.2) is 19.9 Å². The highest BCUT2D eigenvalue weighted by Gasteiger charge is 1.97. The summed E-state index contributed by atoms with van der Waals surface area (Å²) in [5, 5.41) is 3.68. The Kier molecular flexibility index (Phi) is 3.82. The third-order valence-electron chi connectivity index (χ3n) is 1.52. The van der Waals surface area contributed by atoms with Crippen molar-refractivity contribution in [2.75, 3.05) is 13.7 Å². The largest absolute Gasteiger partial charge is 0.493 e. The molecule has 0 N–H and O–H groups in total. The first-order valence-electron chi connectivity index (χ1n) is 4.16. The van der Waals surface area contributed by atoms with Gasteiger partial charge in [-0.3, -0.25) is 0 Å². The highest BCUT2D eigenvalue weighted by Crippen LogP contribution is 2.15. The van der Waals surface area contributed by atoms with Crippen molar-refractivity contribution in [2.45, 2.75) is 6.92 Å². The maximum Gasteiger partial charge on any atom is 0.128 e. The zero-order valence-electron chi connectivity index (χ0n) is 7.86. The van der Waals surface area contributed by atoms with E-state index in [2.05, 4.69) is 9.99 Å². The van der Waals surface area contributed by atoms with Gasteiger partial charge in [0, 0.05) is 5.56 Å². The Morgan fingerprint density at radius 3 is 2.85 bits per heavy atom. The third-order valence-corrected chi connectivity index (χ3v) is 1.52. The van der Waals surface area contributed by atoms with Gasteiger partial charge in [0.2, 0.25) is 0 Å². The molecule has 0 amide bonds. The minimum Gasteiger partial charge on any atom is -0.493 e. The van der Waals surface area contributed by atoms with E-state index in [4.69, 9.17) is 4.74 Å². The maximum absolute atomic E-state index is 5.39. The Bertz CT molecular complexity index is 284. The van der Waals surface area contributed by atoms with Gasteiger partial charge in [0.1, 0.15) is 12.9 Å². The van der Waals surface area contributed by atoms with Crippen LogP contribution in [0.1, 0.15) is 12.5 Å². The summed E-state index contributed by atoms with van der Waals surface area (Å²) in [6, 6.07) is 7.68. The van der Waals surface area contributed by atoms with Gasteiger partial charge in [0.25, 0.3) is 0 Å². The van der Waals surface area contributed by atoms with Crippen molar-refractivity contribution in [2.24, 2.45) is 5.16 Å². The molecule has 3 heteroatoms. The molecule has 0 bridgehead atoms. The van der Waals surface area contributed by atoms with E-state index in [1.54, 1.807) is 6.21 Å². The van der Waals surface area contributed by atoms with Crippen LogP contribution in [-0.2, 0) is 4.84 Å². The van der Waals surface area contributed by atoms with Crippen molar-refractivity contribution >= 4 is 6.21 Å². The van der Waals surface area contributed by atoms with E-state index in [1.165, 1.54) is 7.11 Å². The van der Waals surface area contributed by atoms with Gasteiger partial charge >= 0.3 is 0 Å². The van der Waals surface area contributed by atoms with Crippen molar-refractivity contribution in [3.05, 3.63) is 29.8 Å². The van der Waals surface area contributed by atoms with Crippen LogP contribution in [0.4, 0.5) is 0 Å². The molecule has 1 rings (SSSR count). The van der Waals surface area contributed by atoms with E-state index >= 15 is 0 Å². The number of oxime groups is 1. The molecule has 0 aliphatic rings. The number of hydrogen-bond acceptors (Lipinski definition) is 3. The molecule has 0 heterocycles. The minimum absolute atomic E-state index is 0.651. The summed E-state index contributed by atoms with van der Waals surface area (Å²) < 4.78 is 5.39. The standard InChI is InChI=1S/C10H13NO2/c1-3-13-10-7-5-4-6-9(10)8-11-12-2/h4-8H,3H2,1-2H3/b11-8+. The van der Waals surface area contributed by atoms with Crippen LogP contribution in [0.25, 0.3) is 0 Å². The first kappa shape index (κ1) is 9.58. The van der Waals surface area contributed by atoms with E-state index in [1.807, 2.05) is 31.2 Å². The van der Waals surface area contributed by atoms with Gasteiger partial charge < -0.3 is 9.57 Å². The molecule has 0 radical (unpaired) electrons. The van der Waals surface area contributed by atoms with Crippen molar-refractivity contribution in [3.8, 4) is 5.75 Å². The van der Waals surface area contributed by atoms with Gasteiger partial charge in [-0.1, -0.05) is 17.3 Å². The Labute approximate surface area is 78.0 Å². The summed E-state index contributed by atoms with van der Waals surface area (Å²) in [6.07, 6.45) is 1.63. The Balaban J connectivity index is 2.84. The fourth-order valence-corrected chi connectivity index (χ4v) is 0.984. The van der Waals surface area contributed by atoms with Gasteiger partial charge in [-0.05, 0) is 19.1 Å². The molecule has 3 nitrogen and oxygen atoms in total. The lowest BCUT2D eigenvalue weighted by molar-refractivity contribution is 0.215. The second-order valence-electron chi connectivity index (χ2n) is 2.39. The van der Waals surface area contributed by atoms with Crippen LogP contribution in [0.3, 0.4) is 0 Å². The van der Waals surface area contributed by atoms with E-state index in [9.17, 15) is 0 Å². The lowest BCUT2D eigenvalue weighted by Gasteiger charge is -2.04. The minimum atomic E-state index is 0.651. The van der Waals surface area contributed by atoms with E-state index in [-0.39, 0.29) is 0 Å². The topological polar surface area (TPSA) is 30.8 Å².